The van der Waals surface area contributed by atoms with Gasteiger partial charge in [-0.25, -0.2) is 0 Å². The van der Waals surface area contributed by atoms with Crippen LogP contribution in [0.1, 0.15) is 6.92 Å². The van der Waals surface area contributed by atoms with Crippen molar-refractivity contribution >= 4 is 5.91 Å². The molecule has 0 aromatic rings. The van der Waals surface area contributed by atoms with Gasteiger partial charge in [-0.1, -0.05) is 0 Å². The maximum absolute atomic E-state index is 12.1. The summed E-state index contributed by atoms with van der Waals surface area (Å²) in [7, 11) is 0. The van der Waals surface area contributed by atoms with E-state index in [0.29, 0.717) is 0 Å². The van der Waals surface area contributed by atoms with Crippen molar-refractivity contribution in [2.75, 3.05) is 39.6 Å². The molecule has 4 fully saturated rings. The van der Waals surface area contributed by atoms with Crippen LogP contribution in [-0.4, -0.2) is 280 Å². The van der Waals surface area contributed by atoms with E-state index in [1.807, 2.05) is 0 Å². The molecule has 0 saturated carbocycles. The van der Waals surface area contributed by atoms with Gasteiger partial charge in [-0.05, 0) is 0 Å². The number of carbonyl (C=O) groups excluding carboxylic acids is 1. The highest BCUT2D eigenvalue weighted by Crippen LogP contribution is 2.33. The fourth-order valence-corrected chi connectivity index (χ4v) is 6.82. The van der Waals surface area contributed by atoms with Crippen molar-refractivity contribution in [3.05, 3.63) is 0 Å². The SMILES string of the molecule is CC(=O)N[C@H]1[C@H](OC[C@H]2O[C@@H](O[C@@H]([C@H](O)[C@@H](O)CO)[C@H](O)CO)[C@H](O)[C@@H](O[C@@H]3O[C@H](CO)[C@H](O)[C@H](O)[C@H]3O)[C@H]2O)O[C@H](CO[C@@H]2O[C@H](CO)[C@H](O)[C@H](O)[C@H]2O)[C@@H](O)[C@@H]1O. The van der Waals surface area contributed by atoms with Gasteiger partial charge < -0.3 is 130 Å². The normalized spacial score (nSPS) is 45.3. The Hall–Kier alpha value is -1.53. The fourth-order valence-electron chi connectivity index (χ4n) is 6.82. The zero-order valence-corrected chi connectivity index (χ0v) is 31.4. The van der Waals surface area contributed by atoms with Crippen LogP contribution < -0.4 is 5.32 Å². The highest BCUT2D eigenvalue weighted by Gasteiger charge is 2.54. The monoisotopic (exact) mass is 871 g/mol. The second-order valence-electron chi connectivity index (χ2n) is 14.5. The Kier molecular flexibility index (Phi) is 18.9. The van der Waals surface area contributed by atoms with E-state index in [4.69, 9.17) is 37.9 Å². The lowest BCUT2D eigenvalue weighted by Gasteiger charge is -2.47. The molecular formula is C32H57NO26. The van der Waals surface area contributed by atoms with E-state index >= 15 is 0 Å². The molecule has 4 aliphatic rings. The lowest BCUT2D eigenvalue weighted by atomic mass is 9.96. The number of hydrogen-bond donors (Lipinski definition) is 18. The Morgan fingerprint density at radius 2 is 1.00 bits per heavy atom. The molecule has 59 heavy (non-hydrogen) atoms. The summed E-state index contributed by atoms with van der Waals surface area (Å²) in [6.45, 7) is -4.45. The van der Waals surface area contributed by atoms with Crippen LogP contribution in [0.25, 0.3) is 0 Å². The van der Waals surface area contributed by atoms with Crippen molar-refractivity contribution in [3.63, 3.8) is 0 Å². The molecule has 0 radical (unpaired) electrons. The van der Waals surface area contributed by atoms with Crippen LogP contribution in [0.2, 0.25) is 0 Å². The van der Waals surface area contributed by atoms with Crippen molar-refractivity contribution in [3.8, 4) is 0 Å². The zero-order chi connectivity index (χ0) is 44.0. The summed E-state index contributed by atoms with van der Waals surface area (Å²) >= 11 is 0. The first-order valence-corrected chi connectivity index (χ1v) is 18.5. The van der Waals surface area contributed by atoms with E-state index in [-0.39, 0.29) is 0 Å². The van der Waals surface area contributed by atoms with E-state index in [9.17, 15) is 91.6 Å². The summed E-state index contributed by atoms with van der Waals surface area (Å²) in [4.78, 5) is 12.1. The minimum absolute atomic E-state index is 0.732. The zero-order valence-electron chi connectivity index (χ0n) is 31.4. The molecule has 27 nitrogen and oxygen atoms in total. The lowest BCUT2D eigenvalue weighted by Crippen LogP contribution is -2.67. The number of rotatable bonds is 18. The standard InChI is InChI=1S/C32H57NO26/c1-8(38)33-15-21(46)19(44)13(6-53-30-24(49)22(47)17(42)11(4-36)54-30)56-29(15)52-7-14-20(45)28(59-31-25(50)23(48)18(43)12(5-37)55-31)26(51)32(57-14)58-27(10(40)3-35)16(41)9(39)2-34/h9-32,34-37,39-51H,2-7H2,1H3,(H,33,38)/t9-,10+,11+,12+,13+,14+,15+,16+,17-,18-,19+,20-,21+,22-,23-,24+,25+,26+,27+,28-,29+,30+,31-,32-/m0/s1. The molecule has 18 N–H and O–H groups in total. The molecule has 0 unspecified atom stereocenters. The van der Waals surface area contributed by atoms with Gasteiger partial charge in [0, 0.05) is 6.92 Å². The third kappa shape index (κ3) is 11.5. The van der Waals surface area contributed by atoms with Gasteiger partial charge in [0.05, 0.1) is 39.6 Å². The van der Waals surface area contributed by atoms with Crippen molar-refractivity contribution in [1.82, 2.24) is 5.32 Å². The predicted octanol–water partition coefficient (Wildman–Crippen LogP) is -12.1. The van der Waals surface area contributed by atoms with Crippen LogP contribution in [0.5, 0.6) is 0 Å². The lowest BCUT2D eigenvalue weighted by molar-refractivity contribution is -0.373. The van der Waals surface area contributed by atoms with E-state index in [0.717, 1.165) is 6.92 Å². The van der Waals surface area contributed by atoms with E-state index in [2.05, 4.69) is 5.32 Å². The van der Waals surface area contributed by atoms with Gasteiger partial charge >= 0.3 is 0 Å². The Labute approximate surface area is 334 Å². The average molecular weight is 872 g/mol. The van der Waals surface area contributed by atoms with Crippen LogP contribution >= 0.6 is 0 Å². The topological polar surface area (TPSA) is 447 Å². The minimum atomic E-state index is -2.21. The molecule has 27 heteroatoms. The maximum atomic E-state index is 12.1. The van der Waals surface area contributed by atoms with Gasteiger partial charge in [0.25, 0.3) is 0 Å². The first kappa shape index (κ1) is 50.1. The Bertz CT molecular complexity index is 1270. The number of aliphatic hydroxyl groups excluding tert-OH is 17. The molecule has 0 aromatic carbocycles. The van der Waals surface area contributed by atoms with Gasteiger partial charge in [-0.2, -0.15) is 0 Å². The molecule has 0 aromatic heterocycles. The average Bonchev–Trinajstić information content (AvgIpc) is 3.22. The van der Waals surface area contributed by atoms with Crippen molar-refractivity contribution < 1.29 is 130 Å². The van der Waals surface area contributed by atoms with Gasteiger partial charge in [-0.3, -0.25) is 4.79 Å². The maximum Gasteiger partial charge on any atom is 0.217 e. The molecule has 4 rings (SSSR count). The van der Waals surface area contributed by atoms with E-state index < -0.39 is 193 Å². The Morgan fingerprint density at radius 1 is 0.542 bits per heavy atom. The molecular weight excluding hydrogens is 814 g/mol. The van der Waals surface area contributed by atoms with Crippen LogP contribution in [-0.2, 0) is 42.7 Å². The Balaban J connectivity index is 1.59. The molecule has 24 atom stereocenters. The summed E-state index contributed by atoms with van der Waals surface area (Å²) < 4.78 is 44.5. The van der Waals surface area contributed by atoms with Crippen LogP contribution in [0.3, 0.4) is 0 Å². The summed E-state index contributed by atoms with van der Waals surface area (Å²) in [5.74, 6) is -0.759. The molecule has 0 aliphatic carbocycles. The Morgan fingerprint density at radius 3 is 1.53 bits per heavy atom. The van der Waals surface area contributed by atoms with Gasteiger partial charge in [0.15, 0.2) is 25.2 Å². The van der Waals surface area contributed by atoms with Gasteiger partial charge in [0.2, 0.25) is 5.91 Å². The van der Waals surface area contributed by atoms with Gasteiger partial charge in [-0.15, -0.1) is 0 Å². The number of hydrogen-bond acceptors (Lipinski definition) is 26. The van der Waals surface area contributed by atoms with Crippen LogP contribution in [0.4, 0.5) is 0 Å². The number of carbonyl (C=O) groups is 1. The second-order valence-corrected chi connectivity index (χ2v) is 14.5. The molecule has 4 heterocycles. The smallest absolute Gasteiger partial charge is 0.217 e. The third-order valence-corrected chi connectivity index (χ3v) is 10.3. The highest BCUT2D eigenvalue weighted by atomic mass is 16.8. The van der Waals surface area contributed by atoms with Crippen LogP contribution in [0.15, 0.2) is 0 Å². The molecule has 0 bridgehead atoms. The molecule has 4 aliphatic heterocycles. The quantitative estimate of drug-likeness (QED) is 0.0608. The molecule has 4 saturated heterocycles. The summed E-state index contributed by atoms with van der Waals surface area (Å²) in [6, 6.07) is -1.58. The van der Waals surface area contributed by atoms with E-state index in [1.54, 1.807) is 0 Å². The van der Waals surface area contributed by atoms with Crippen molar-refractivity contribution in [2.24, 2.45) is 0 Å². The number of aliphatic hydroxyl groups is 17. The van der Waals surface area contributed by atoms with E-state index in [1.165, 1.54) is 0 Å². The van der Waals surface area contributed by atoms with Crippen molar-refractivity contribution in [2.45, 2.75) is 154 Å². The van der Waals surface area contributed by atoms with Gasteiger partial charge in [0.1, 0.15) is 122 Å². The highest BCUT2D eigenvalue weighted by molar-refractivity contribution is 5.73. The second kappa shape index (κ2) is 22.2. The summed E-state index contributed by atoms with van der Waals surface area (Å²) in [6.07, 6.45) is -43.5. The first-order valence-electron chi connectivity index (χ1n) is 18.5. The number of ether oxygens (including phenoxy) is 8. The largest absolute Gasteiger partial charge is 0.394 e. The summed E-state index contributed by atoms with van der Waals surface area (Å²) in [5.41, 5.74) is 0. The molecule has 1 amide bonds. The van der Waals surface area contributed by atoms with Crippen molar-refractivity contribution in [1.29, 1.82) is 0 Å². The van der Waals surface area contributed by atoms with Crippen LogP contribution in [0, 0.1) is 0 Å². The summed E-state index contributed by atoms with van der Waals surface area (Å²) in [5, 5.41) is 178. The number of nitrogens with one attached hydrogen (secondary N) is 1. The fraction of sp³-hybridized carbons (Fsp3) is 0.969. The third-order valence-electron chi connectivity index (χ3n) is 10.3. The first-order chi connectivity index (χ1) is 27.8. The molecule has 346 valence electrons. The number of amides is 1. The predicted molar refractivity (Wildman–Crippen MR) is 180 cm³/mol. The minimum Gasteiger partial charge on any atom is -0.394 e. The molecule has 0 spiro atoms.